The van der Waals surface area contributed by atoms with Crippen molar-refractivity contribution in [3.05, 3.63) is 64.4 Å². The molecule has 1 aromatic heterocycles. The van der Waals surface area contributed by atoms with Crippen molar-refractivity contribution >= 4 is 17.6 Å². The van der Waals surface area contributed by atoms with Crippen LogP contribution in [0.3, 0.4) is 0 Å². The zero-order chi connectivity index (χ0) is 15.2. The molecule has 5 heteroatoms. The first-order valence-corrected chi connectivity index (χ1v) is 7.00. The molecule has 4 nitrogen and oxygen atoms in total. The molecular formula is C16H17ClN2O2. The zero-order valence-electron chi connectivity index (χ0n) is 12.0. The van der Waals surface area contributed by atoms with Crippen molar-refractivity contribution in [2.24, 2.45) is 0 Å². The van der Waals surface area contributed by atoms with Crippen molar-refractivity contribution in [3.63, 3.8) is 0 Å². The number of hydrogen-bond acceptors (Lipinski definition) is 4. The molecule has 0 spiro atoms. The number of ether oxygens (including phenoxy) is 1. The van der Waals surface area contributed by atoms with Gasteiger partial charge in [-0.3, -0.25) is 4.98 Å². The van der Waals surface area contributed by atoms with Crippen molar-refractivity contribution in [2.45, 2.75) is 19.5 Å². The van der Waals surface area contributed by atoms with Crippen molar-refractivity contribution in [1.29, 1.82) is 0 Å². The summed E-state index contributed by atoms with van der Waals surface area (Å²) >= 11 is 5.98. The second-order valence-electron chi connectivity index (χ2n) is 4.69. The Morgan fingerprint density at radius 3 is 2.81 bits per heavy atom. The largest absolute Gasteiger partial charge is 0.465 e. The fourth-order valence-corrected chi connectivity index (χ4v) is 2.12. The molecule has 0 amide bonds. The second-order valence-corrected chi connectivity index (χ2v) is 5.12. The number of aromatic nitrogens is 1. The molecule has 0 saturated heterocycles. The van der Waals surface area contributed by atoms with Gasteiger partial charge < -0.3 is 10.1 Å². The van der Waals surface area contributed by atoms with E-state index in [-0.39, 0.29) is 12.0 Å². The number of benzene rings is 1. The quantitative estimate of drug-likeness (QED) is 0.861. The predicted molar refractivity (Wildman–Crippen MR) is 82.3 cm³/mol. The van der Waals surface area contributed by atoms with Crippen molar-refractivity contribution in [1.82, 2.24) is 10.3 Å². The van der Waals surface area contributed by atoms with E-state index in [2.05, 4.69) is 22.0 Å². The van der Waals surface area contributed by atoms with Gasteiger partial charge in [-0.05, 0) is 36.8 Å². The van der Waals surface area contributed by atoms with Crippen molar-refractivity contribution in [3.8, 4) is 0 Å². The van der Waals surface area contributed by atoms with Gasteiger partial charge in [-0.25, -0.2) is 4.79 Å². The molecule has 0 aliphatic rings. The predicted octanol–water partition coefficient (Wildman–Crippen LogP) is 3.37. The van der Waals surface area contributed by atoms with E-state index < -0.39 is 0 Å². The average molecular weight is 305 g/mol. The van der Waals surface area contributed by atoms with Gasteiger partial charge in [-0.15, -0.1) is 0 Å². The fourth-order valence-electron chi connectivity index (χ4n) is 1.92. The van der Waals surface area contributed by atoms with E-state index in [9.17, 15) is 4.79 Å². The lowest BCUT2D eigenvalue weighted by Crippen LogP contribution is -2.18. The number of methoxy groups -OCH3 is 1. The van der Waals surface area contributed by atoms with Crippen LogP contribution in [0.2, 0.25) is 5.02 Å². The summed E-state index contributed by atoms with van der Waals surface area (Å²) in [6, 6.07) is 11.4. The van der Waals surface area contributed by atoms with Crippen molar-refractivity contribution < 1.29 is 9.53 Å². The minimum Gasteiger partial charge on any atom is -0.465 e. The molecule has 1 unspecified atom stereocenters. The van der Waals surface area contributed by atoms with Gasteiger partial charge in [0.2, 0.25) is 0 Å². The summed E-state index contributed by atoms with van der Waals surface area (Å²) in [4.78, 5) is 15.6. The summed E-state index contributed by atoms with van der Waals surface area (Å²) in [6.45, 7) is 2.67. The fraction of sp³-hybridized carbons (Fsp3) is 0.250. The van der Waals surface area contributed by atoms with E-state index in [1.165, 1.54) is 13.3 Å². The highest BCUT2D eigenvalue weighted by molar-refractivity contribution is 6.30. The molecule has 1 N–H and O–H groups in total. The Morgan fingerprint density at radius 2 is 2.19 bits per heavy atom. The van der Waals surface area contributed by atoms with Gasteiger partial charge in [0.05, 0.1) is 18.4 Å². The van der Waals surface area contributed by atoms with Crippen LogP contribution in [0.25, 0.3) is 0 Å². The molecule has 1 atom stereocenters. The lowest BCUT2D eigenvalue weighted by Gasteiger charge is -2.14. The smallest absolute Gasteiger partial charge is 0.339 e. The third-order valence-corrected chi connectivity index (χ3v) is 3.42. The Kier molecular flexibility index (Phi) is 5.31. The highest BCUT2D eigenvalue weighted by Crippen LogP contribution is 2.17. The van der Waals surface area contributed by atoms with E-state index >= 15 is 0 Å². The van der Waals surface area contributed by atoms with E-state index in [1.807, 2.05) is 30.3 Å². The van der Waals surface area contributed by atoms with E-state index in [0.29, 0.717) is 12.1 Å². The molecule has 0 aliphatic heterocycles. The van der Waals surface area contributed by atoms with Crippen LogP contribution in [0, 0.1) is 0 Å². The van der Waals surface area contributed by atoms with E-state index in [0.717, 1.165) is 16.3 Å². The number of nitrogens with one attached hydrogen (secondary N) is 1. The van der Waals surface area contributed by atoms with Gasteiger partial charge in [0.15, 0.2) is 0 Å². The number of esters is 1. The number of carbonyl (C=O) groups excluding carboxylic acids is 1. The van der Waals surface area contributed by atoms with Crippen LogP contribution >= 0.6 is 11.6 Å². The van der Waals surface area contributed by atoms with Crippen LogP contribution in [-0.2, 0) is 11.3 Å². The van der Waals surface area contributed by atoms with Gasteiger partial charge in [0.25, 0.3) is 0 Å². The number of rotatable bonds is 5. The Bertz CT molecular complexity index is 614. The number of pyridine rings is 1. The average Bonchev–Trinajstić information content (AvgIpc) is 2.52. The van der Waals surface area contributed by atoms with Gasteiger partial charge in [0, 0.05) is 23.8 Å². The Labute approximate surface area is 129 Å². The molecular weight excluding hydrogens is 288 g/mol. The Hall–Kier alpha value is -1.91. The lowest BCUT2D eigenvalue weighted by molar-refractivity contribution is 0.0600. The highest BCUT2D eigenvalue weighted by Gasteiger charge is 2.08. The van der Waals surface area contributed by atoms with Gasteiger partial charge >= 0.3 is 5.97 Å². The molecule has 21 heavy (non-hydrogen) atoms. The van der Waals surface area contributed by atoms with Gasteiger partial charge in [0.1, 0.15) is 0 Å². The molecule has 0 saturated carbocycles. The second kappa shape index (κ2) is 7.20. The van der Waals surface area contributed by atoms with Crippen LogP contribution in [0.15, 0.2) is 42.6 Å². The zero-order valence-corrected chi connectivity index (χ0v) is 12.7. The van der Waals surface area contributed by atoms with E-state index in [4.69, 9.17) is 11.6 Å². The first-order valence-electron chi connectivity index (χ1n) is 6.62. The molecule has 1 heterocycles. The Balaban J connectivity index is 1.95. The van der Waals surface area contributed by atoms with Crippen LogP contribution in [0.1, 0.15) is 34.6 Å². The molecule has 0 radical (unpaired) electrons. The third kappa shape index (κ3) is 4.28. The third-order valence-electron chi connectivity index (χ3n) is 3.18. The Morgan fingerprint density at radius 1 is 1.38 bits per heavy atom. The van der Waals surface area contributed by atoms with Crippen molar-refractivity contribution in [2.75, 3.05) is 7.11 Å². The van der Waals surface area contributed by atoms with Crippen LogP contribution in [0.4, 0.5) is 0 Å². The van der Waals surface area contributed by atoms with Crippen LogP contribution < -0.4 is 5.32 Å². The summed E-state index contributed by atoms with van der Waals surface area (Å²) < 4.78 is 4.64. The maximum Gasteiger partial charge on any atom is 0.339 e. The number of nitrogens with zero attached hydrogens (tertiary/aromatic N) is 1. The number of halogens is 1. The molecule has 0 fully saturated rings. The van der Waals surface area contributed by atoms with Crippen LogP contribution in [-0.4, -0.2) is 18.1 Å². The topological polar surface area (TPSA) is 51.2 Å². The number of carbonyl (C=O) groups is 1. The SMILES string of the molecule is COC(=O)c1ccc(CNC(C)c2cccc(Cl)c2)nc1. The standard InChI is InChI=1S/C16H17ClN2O2/c1-11(12-4-3-5-14(17)8-12)18-10-15-7-6-13(9-19-15)16(20)21-2/h3-9,11,18H,10H2,1-2H3. The number of hydrogen-bond donors (Lipinski definition) is 1. The minimum absolute atomic E-state index is 0.158. The lowest BCUT2D eigenvalue weighted by atomic mass is 10.1. The first kappa shape index (κ1) is 15.5. The van der Waals surface area contributed by atoms with Gasteiger partial charge in [-0.2, -0.15) is 0 Å². The summed E-state index contributed by atoms with van der Waals surface area (Å²) in [7, 11) is 1.35. The van der Waals surface area contributed by atoms with Crippen LogP contribution in [0.5, 0.6) is 0 Å². The van der Waals surface area contributed by atoms with Gasteiger partial charge in [-0.1, -0.05) is 23.7 Å². The molecule has 1 aromatic carbocycles. The first-order chi connectivity index (χ1) is 10.1. The molecule has 0 bridgehead atoms. The molecule has 2 rings (SSSR count). The highest BCUT2D eigenvalue weighted by atomic mass is 35.5. The molecule has 2 aromatic rings. The summed E-state index contributed by atoms with van der Waals surface area (Å²) in [5.74, 6) is -0.380. The van der Waals surface area contributed by atoms with E-state index in [1.54, 1.807) is 6.07 Å². The molecule has 0 aliphatic carbocycles. The summed E-state index contributed by atoms with van der Waals surface area (Å²) in [5.41, 5.74) is 2.43. The maximum absolute atomic E-state index is 11.3. The minimum atomic E-state index is -0.380. The summed E-state index contributed by atoms with van der Waals surface area (Å²) in [5, 5.41) is 4.09. The summed E-state index contributed by atoms with van der Waals surface area (Å²) in [6.07, 6.45) is 1.52. The normalized spacial score (nSPS) is 12.0. The molecule has 110 valence electrons. The maximum atomic E-state index is 11.3. The monoisotopic (exact) mass is 304 g/mol.